The molecule has 3 N–H and O–H groups in total. The number of hydrogen-bond donors (Lipinski definition) is 2. The Labute approximate surface area is 134 Å². The van der Waals surface area contributed by atoms with Gasteiger partial charge in [0.1, 0.15) is 12.3 Å². The van der Waals surface area contributed by atoms with Crippen LogP contribution in [0, 0.1) is 0 Å². The van der Waals surface area contributed by atoms with Crippen LogP contribution in [0.25, 0.3) is 6.08 Å². The van der Waals surface area contributed by atoms with Gasteiger partial charge in [-0.05, 0) is 35.5 Å². The molecule has 1 aliphatic heterocycles. The molecule has 0 saturated carbocycles. The zero-order valence-electron chi connectivity index (χ0n) is 11.7. The lowest BCUT2D eigenvalue weighted by molar-refractivity contribution is -0.139. The fraction of sp³-hybridized carbons (Fsp3) is 0.143. The second-order valence-corrected chi connectivity index (χ2v) is 5.48. The highest BCUT2D eigenvalue weighted by Gasteiger charge is 2.35. The number of nitrogens with zero attached hydrogens (tertiary/aromatic N) is 1. The summed E-state index contributed by atoms with van der Waals surface area (Å²) in [7, 11) is 0. The molecule has 1 aliphatic rings. The van der Waals surface area contributed by atoms with E-state index >= 15 is 0 Å². The van der Waals surface area contributed by atoms with Gasteiger partial charge in [-0.3, -0.25) is 19.3 Å². The zero-order valence-corrected chi connectivity index (χ0v) is 12.5. The summed E-state index contributed by atoms with van der Waals surface area (Å²) >= 11 is 0.699. The molecule has 1 aromatic carbocycles. The lowest BCUT2D eigenvalue weighted by Gasteiger charge is -2.08. The van der Waals surface area contributed by atoms with Crippen molar-refractivity contribution in [3.8, 4) is 5.75 Å². The predicted molar refractivity (Wildman–Crippen MR) is 81.4 cm³/mol. The molecule has 0 aromatic heterocycles. The van der Waals surface area contributed by atoms with E-state index in [4.69, 9.17) is 15.6 Å². The topological polar surface area (TPSA) is 127 Å². The molecule has 0 aliphatic carbocycles. The number of carbonyl (C=O) groups excluding carboxylic acids is 3. The van der Waals surface area contributed by atoms with Crippen LogP contribution in [0.4, 0.5) is 4.79 Å². The number of thioether (sulfide) groups is 1. The number of benzene rings is 1. The normalized spacial score (nSPS) is 16.0. The third-order valence-corrected chi connectivity index (χ3v) is 3.61. The highest BCUT2D eigenvalue weighted by molar-refractivity contribution is 8.18. The van der Waals surface area contributed by atoms with Gasteiger partial charge in [-0.2, -0.15) is 0 Å². The number of carbonyl (C=O) groups is 4. The van der Waals surface area contributed by atoms with Gasteiger partial charge in [0.05, 0.1) is 4.91 Å². The predicted octanol–water partition coefficient (Wildman–Crippen LogP) is 0.672. The minimum absolute atomic E-state index is 0.145. The molecular formula is C14H12N2O6S. The Morgan fingerprint density at radius 3 is 2.74 bits per heavy atom. The molecule has 0 spiro atoms. The zero-order chi connectivity index (χ0) is 17.0. The number of rotatable bonds is 6. The van der Waals surface area contributed by atoms with Crippen LogP contribution in [0.2, 0.25) is 0 Å². The van der Waals surface area contributed by atoms with E-state index in [1.54, 1.807) is 18.2 Å². The Balaban J connectivity index is 2.17. The maximum atomic E-state index is 12.1. The van der Waals surface area contributed by atoms with Crippen LogP contribution >= 0.6 is 11.8 Å². The monoisotopic (exact) mass is 336 g/mol. The largest absolute Gasteiger partial charge is 0.482 e. The van der Waals surface area contributed by atoms with Gasteiger partial charge in [-0.25, -0.2) is 4.79 Å². The summed E-state index contributed by atoms with van der Waals surface area (Å²) in [5.41, 5.74) is 5.55. The maximum absolute atomic E-state index is 12.1. The minimum atomic E-state index is -1.11. The van der Waals surface area contributed by atoms with Gasteiger partial charge in [-0.15, -0.1) is 0 Å². The van der Waals surface area contributed by atoms with Crippen molar-refractivity contribution in [3.63, 3.8) is 0 Å². The number of nitrogens with two attached hydrogens (primary N) is 1. The number of carboxylic acid groups (broad SMARTS) is 1. The molecule has 1 heterocycles. The van der Waals surface area contributed by atoms with Crippen LogP contribution in [0.15, 0.2) is 29.2 Å². The van der Waals surface area contributed by atoms with Crippen LogP contribution in [-0.2, 0) is 14.4 Å². The molecule has 1 aromatic rings. The second-order valence-electron chi connectivity index (χ2n) is 4.49. The molecule has 1 saturated heterocycles. The van der Waals surface area contributed by atoms with Crippen molar-refractivity contribution in [2.24, 2.45) is 5.73 Å². The Morgan fingerprint density at radius 1 is 1.35 bits per heavy atom. The average Bonchev–Trinajstić information content (AvgIpc) is 2.73. The lowest BCUT2D eigenvalue weighted by Crippen LogP contribution is -2.36. The van der Waals surface area contributed by atoms with Gasteiger partial charge < -0.3 is 15.6 Å². The van der Waals surface area contributed by atoms with Crippen molar-refractivity contribution in [1.29, 1.82) is 0 Å². The average molecular weight is 336 g/mol. The van der Waals surface area contributed by atoms with E-state index in [9.17, 15) is 19.2 Å². The van der Waals surface area contributed by atoms with Gasteiger partial charge >= 0.3 is 5.97 Å². The third-order valence-electron chi connectivity index (χ3n) is 2.71. The van der Waals surface area contributed by atoms with Crippen molar-refractivity contribution in [2.45, 2.75) is 0 Å². The number of amides is 3. The highest BCUT2D eigenvalue weighted by Crippen LogP contribution is 2.32. The second kappa shape index (κ2) is 6.97. The van der Waals surface area contributed by atoms with E-state index in [0.29, 0.717) is 23.1 Å². The number of carboxylic acids is 1. The van der Waals surface area contributed by atoms with Crippen LogP contribution < -0.4 is 10.5 Å². The smallest absolute Gasteiger partial charge is 0.341 e. The Kier molecular flexibility index (Phi) is 5.02. The summed E-state index contributed by atoms with van der Waals surface area (Å²) in [6.45, 7) is -0.956. The summed E-state index contributed by atoms with van der Waals surface area (Å²) in [5.74, 6) is -2.17. The first-order valence-electron chi connectivity index (χ1n) is 6.35. The van der Waals surface area contributed by atoms with Crippen molar-refractivity contribution >= 4 is 40.9 Å². The Bertz CT molecular complexity index is 715. The first-order chi connectivity index (χ1) is 10.9. The summed E-state index contributed by atoms with van der Waals surface area (Å²) in [4.78, 5) is 46.0. The molecule has 0 atom stereocenters. The molecule has 3 amide bonds. The van der Waals surface area contributed by atoms with E-state index in [0.717, 1.165) is 4.90 Å². The lowest BCUT2D eigenvalue weighted by atomic mass is 10.2. The SMILES string of the molecule is NC(=O)CN1C(=O)S/C(=C\c2cccc(OCC(=O)O)c2)C1=O. The maximum Gasteiger partial charge on any atom is 0.341 e. The summed E-state index contributed by atoms with van der Waals surface area (Å²) < 4.78 is 5.04. The minimum Gasteiger partial charge on any atom is -0.482 e. The van der Waals surface area contributed by atoms with Crippen molar-refractivity contribution in [3.05, 3.63) is 34.7 Å². The number of primary amides is 1. The van der Waals surface area contributed by atoms with Gasteiger partial charge in [0, 0.05) is 0 Å². The third kappa shape index (κ3) is 4.33. The van der Waals surface area contributed by atoms with Crippen molar-refractivity contribution in [2.75, 3.05) is 13.2 Å². The summed E-state index contributed by atoms with van der Waals surface area (Å²) in [6.07, 6.45) is 1.46. The van der Waals surface area contributed by atoms with Crippen molar-refractivity contribution in [1.82, 2.24) is 4.90 Å². The molecule has 23 heavy (non-hydrogen) atoms. The number of imide groups is 1. The van der Waals surface area contributed by atoms with Crippen LogP contribution in [0.3, 0.4) is 0 Å². The molecule has 1 fully saturated rings. The Hall–Kier alpha value is -2.81. The van der Waals surface area contributed by atoms with E-state index in [1.807, 2.05) is 0 Å². The Morgan fingerprint density at radius 2 is 2.09 bits per heavy atom. The van der Waals surface area contributed by atoms with E-state index < -0.39 is 36.2 Å². The summed E-state index contributed by atoms with van der Waals surface area (Å²) in [6, 6.07) is 6.39. The number of hydrogen-bond acceptors (Lipinski definition) is 6. The molecule has 2 rings (SSSR count). The highest BCUT2D eigenvalue weighted by atomic mass is 32.2. The fourth-order valence-electron chi connectivity index (χ4n) is 1.78. The van der Waals surface area contributed by atoms with Crippen LogP contribution in [0.1, 0.15) is 5.56 Å². The standard InChI is InChI=1S/C14H12N2O6S/c15-11(17)6-16-13(20)10(23-14(16)21)5-8-2-1-3-9(4-8)22-7-12(18)19/h1-5H,6-7H2,(H2,15,17)(H,18,19)/b10-5-. The fourth-order valence-corrected chi connectivity index (χ4v) is 2.62. The molecule has 0 unspecified atom stereocenters. The molecule has 0 bridgehead atoms. The number of aliphatic carboxylic acids is 1. The van der Waals surface area contributed by atoms with E-state index in [-0.39, 0.29) is 4.91 Å². The summed E-state index contributed by atoms with van der Waals surface area (Å²) in [5, 5.41) is 8.00. The van der Waals surface area contributed by atoms with Gasteiger partial charge in [0.2, 0.25) is 5.91 Å². The molecule has 0 radical (unpaired) electrons. The van der Waals surface area contributed by atoms with Crippen molar-refractivity contribution < 1.29 is 29.0 Å². The first-order valence-corrected chi connectivity index (χ1v) is 7.17. The molecule has 8 nitrogen and oxygen atoms in total. The first kappa shape index (κ1) is 16.6. The van der Waals surface area contributed by atoms with Gasteiger partial charge in [-0.1, -0.05) is 12.1 Å². The van der Waals surface area contributed by atoms with E-state index in [2.05, 4.69) is 0 Å². The van der Waals surface area contributed by atoms with Gasteiger partial charge in [0.25, 0.3) is 11.1 Å². The van der Waals surface area contributed by atoms with Crippen LogP contribution in [-0.4, -0.2) is 46.2 Å². The molecule has 120 valence electrons. The number of ether oxygens (including phenoxy) is 1. The van der Waals surface area contributed by atoms with E-state index in [1.165, 1.54) is 12.1 Å². The molecular weight excluding hydrogens is 324 g/mol. The van der Waals surface area contributed by atoms with Crippen LogP contribution in [0.5, 0.6) is 5.75 Å². The van der Waals surface area contributed by atoms with Gasteiger partial charge in [0.15, 0.2) is 6.61 Å². The quantitative estimate of drug-likeness (QED) is 0.731. The molecule has 9 heteroatoms.